The van der Waals surface area contributed by atoms with Gasteiger partial charge in [0, 0.05) is 85.2 Å². The summed E-state index contributed by atoms with van der Waals surface area (Å²) < 4.78 is 44.6. The Balaban J connectivity index is 0.731. The molecule has 5 aliphatic rings. The fourth-order valence-electron chi connectivity index (χ4n) is 12.3. The average Bonchev–Trinajstić information content (AvgIpc) is 3.68. The number of carbonyl (C=O) groups excluding carboxylic acids is 4. The van der Waals surface area contributed by atoms with Crippen LogP contribution in [0.3, 0.4) is 0 Å². The number of rotatable bonds is 14. The van der Waals surface area contributed by atoms with Crippen LogP contribution in [-0.4, -0.2) is 104 Å². The Labute approximate surface area is 429 Å². The fourth-order valence-corrected chi connectivity index (χ4v) is 12.6. The Hall–Kier alpha value is -6.13. The molecule has 2 atom stereocenters. The number of aliphatic hydroxyl groups is 1. The van der Waals surface area contributed by atoms with Crippen molar-refractivity contribution >= 4 is 51.8 Å². The number of halogens is 3. The van der Waals surface area contributed by atoms with Crippen molar-refractivity contribution in [2.45, 2.75) is 88.2 Å². The van der Waals surface area contributed by atoms with Crippen LogP contribution in [-0.2, 0) is 15.2 Å². The number of piperidine rings is 2. The third kappa shape index (κ3) is 10.0. The maximum atomic E-state index is 16.5. The van der Waals surface area contributed by atoms with Crippen molar-refractivity contribution in [1.29, 1.82) is 0 Å². The van der Waals surface area contributed by atoms with Gasteiger partial charge in [0.05, 0.1) is 22.9 Å². The molecule has 3 saturated heterocycles. The summed E-state index contributed by atoms with van der Waals surface area (Å²) in [4.78, 5) is 57.5. The molecule has 4 heterocycles. The molecule has 0 spiro atoms. The average molecular weight is 1020 g/mol. The zero-order valence-corrected chi connectivity index (χ0v) is 41.9. The predicted molar refractivity (Wildman–Crippen MR) is 276 cm³/mol. The summed E-state index contributed by atoms with van der Waals surface area (Å²) in [7, 11) is 0. The summed E-state index contributed by atoms with van der Waals surface area (Å²) in [6, 6.07) is 25.6. The van der Waals surface area contributed by atoms with E-state index in [1.807, 2.05) is 49.4 Å². The van der Waals surface area contributed by atoms with Gasteiger partial charge < -0.3 is 35.4 Å². The Morgan fingerprint density at radius 3 is 2.36 bits per heavy atom. The molecule has 10 rings (SSSR count). The standard InChI is InChI=1S/C57H63ClF2N6O7/c1-34-49-47(31-44(59)52(58)51(49)50-43(54(61)69)16-17-46(53(50)60)72-29-28-67)73-57(34,40-7-3-2-4-8-40)33-62-41-13-10-37(11-14-41)55(70)65-25-18-35(19-26-65)32-64-23-20-36(21-24-64)38-12-15-42-39(30-38)6-5-9-45(42)66-27-22-48(68)63-56(66)71/h2-9,12,15-17,30-31,34-37,41,62,67H,10-11,13-14,18-29,32-33H2,1H3,(H2,61,69)(H,63,68,71)/t34-,37?,41?,57-/m0/s1. The summed E-state index contributed by atoms with van der Waals surface area (Å²) in [6.07, 6.45) is 7.53. The Morgan fingerprint density at radius 1 is 0.890 bits per heavy atom. The van der Waals surface area contributed by atoms with E-state index in [9.17, 15) is 24.3 Å². The molecule has 73 heavy (non-hydrogen) atoms. The van der Waals surface area contributed by atoms with E-state index in [4.69, 9.17) is 26.8 Å². The second-order valence-corrected chi connectivity index (χ2v) is 20.9. The van der Waals surface area contributed by atoms with Gasteiger partial charge in [0.2, 0.25) is 17.7 Å². The number of carbonyl (C=O) groups is 4. The molecule has 0 unspecified atom stereocenters. The van der Waals surface area contributed by atoms with Crippen LogP contribution in [0.1, 0.15) is 104 Å². The highest BCUT2D eigenvalue weighted by molar-refractivity contribution is 6.34. The minimum Gasteiger partial charge on any atom is -0.488 e. The highest BCUT2D eigenvalue weighted by Gasteiger charge is 2.50. The number of primary amides is 1. The lowest BCUT2D eigenvalue weighted by Gasteiger charge is -2.40. The van der Waals surface area contributed by atoms with Crippen molar-refractivity contribution in [1.82, 2.24) is 20.4 Å². The monoisotopic (exact) mass is 1020 g/mol. The molecule has 4 fully saturated rings. The number of hydrogen-bond donors (Lipinski definition) is 4. The number of nitrogens with one attached hydrogen (secondary N) is 2. The normalized spacial score (nSPS) is 23.1. The maximum Gasteiger partial charge on any atom is 0.328 e. The Bertz CT molecular complexity index is 2900. The lowest BCUT2D eigenvalue weighted by Crippen LogP contribution is -2.49. The van der Waals surface area contributed by atoms with Crippen LogP contribution in [0.15, 0.2) is 84.9 Å². The zero-order valence-electron chi connectivity index (χ0n) is 41.1. The summed E-state index contributed by atoms with van der Waals surface area (Å²) in [6.45, 7) is 6.68. The molecule has 5 aromatic rings. The zero-order chi connectivity index (χ0) is 51.0. The van der Waals surface area contributed by atoms with Gasteiger partial charge in [0.1, 0.15) is 18.2 Å². The predicted octanol–water partition coefficient (Wildman–Crippen LogP) is 9.01. The first kappa shape index (κ1) is 50.4. The van der Waals surface area contributed by atoms with Crippen LogP contribution >= 0.6 is 11.6 Å². The van der Waals surface area contributed by atoms with Crippen molar-refractivity contribution in [3.8, 4) is 22.6 Å². The quantitative estimate of drug-likeness (QED) is 0.0849. The first-order chi connectivity index (χ1) is 35.3. The smallest absolute Gasteiger partial charge is 0.328 e. The molecular formula is C57H63ClF2N6O7. The largest absolute Gasteiger partial charge is 0.488 e. The number of nitrogens with zero attached hydrogens (tertiary/aromatic N) is 3. The van der Waals surface area contributed by atoms with Crippen molar-refractivity contribution in [2.75, 3.05) is 63.9 Å². The van der Waals surface area contributed by atoms with E-state index >= 15 is 8.78 Å². The summed E-state index contributed by atoms with van der Waals surface area (Å²) in [5.41, 5.74) is 7.48. The Morgan fingerprint density at radius 2 is 1.64 bits per heavy atom. The van der Waals surface area contributed by atoms with E-state index < -0.39 is 29.1 Å². The van der Waals surface area contributed by atoms with Crippen LogP contribution in [0.4, 0.5) is 19.3 Å². The van der Waals surface area contributed by atoms with Gasteiger partial charge in [-0.3, -0.25) is 24.6 Å². The van der Waals surface area contributed by atoms with Gasteiger partial charge in [0.15, 0.2) is 17.2 Å². The first-order valence-electron chi connectivity index (χ1n) is 25.8. The summed E-state index contributed by atoms with van der Waals surface area (Å²) in [5, 5.41) is 17.3. The number of likely N-dealkylation sites (tertiary alicyclic amines) is 2. The van der Waals surface area contributed by atoms with Gasteiger partial charge in [-0.15, -0.1) is 0 Å². The molecule has 0 bridgehead atoms. The molecule has 5 N–H and O–H groups in total. The van der Waals surface area contributed by atoms with Gasteiger partial charge >= 0.3 is 6.03 Å². The number of fused-ring (bicyclic) bond motifs is 2. The molecule has 384 valence electrons. The lowest BCUT2D eigenvalue weighted by atomic mass is 9.77. The molecular weight excluding hydrogens is 954 g/mol. The van der Waals surface area contributed by atoms with Gasteiger partial charge in [0.25, 0.3) is 0 Å². The number of nitrogens with two attached hydrogens (primary N) is 1. The third-order valence-electron chi connectivity index (χ3n) is 16.3. The molecule has 5 aromatic carbocycles. The van der Waals surface area contributed by atoms with E-state index in [0.29, 0.717) is 30.5 Å². The van der Waals surface area contributed by atoms with E-state index in [0.717, 1.165) is 106 Å². The molecule has 0 radical (unpaired) electrons. The number of ether oxygens (including phenoxy) is 2. The van der Waals surface area contributed by atoms with Crippen molar-refractivity contribution in [3.63, 3.8) is 0 Å². The van der Waals surface area contributed by atoms with Gasteiger partial charge in [-0.25, -0.2) is 13.6 Å². The molecule has 16 heteroatoms. The SMILES string of the molecule is C[C@H]1c2c(cc(F)c(Cl)c2-c2c(C(N)=O)ccc(OCCO)c2F)O[C@]1(CNC1CCC(C(=O)N2CCC(CN3CCC(c4ccc5c(N6CCC(=O)NC6=O)cccc5c4)CC3)CC2)CC1)c1ccccc1. The first-order valence-corrected chi connectivity index (χ1v) is 26.2. The Kier molecular flexibility index (Phi) is 14.8. The van der Waals surface area contributed by atoms with Crippen LogP contribution < -0.4 is 30.7 Å². The molecule has 5 amide bonds. The molecule has 1 saturated carbocycles. The van der Waals surface area contributed by atoms with E-state index in [2.05, 4.69) is 44.7 Å². The second kappa shape index (κ2) is 21.4. The number of amides is 5. The molecule has 1 aliphatic carbocycles. The minimum absolute atomic E-state index is 0.0431. The molecule has 4 aliphatic heterocycles. The minimum atomic E-state index is -1.10. The fraction of sp³-hybridized carbons (Fsp3) is 0.439. The lowest BCUT2D eigenvalue weighted by molar-refractivity contribution is -0.138. The van der Waals surface area contributed by atoms with E-state index in [1.165, 1.54) is 23.8 Å². The summed E-state index contributed by atoms with van der Waals surface area (Å²) in [5.74, 6) is -2.41. The number of urea groups is 1. The number of benzene rings is 5. The van der Waals surface area contributed by atoms with Gasteiger partial charge in [-0.05, 0) is 111 Å². The van der Waals surface area contributed by atoms with Crippen LogP contribution in [0.25, 0.3) is 21.9 Å². The molecule has 0 aromatic heterocycles. The highest BCUT2D eigenvalue weighted by atomic mass is 35.5. The maximum absolute atomic E-state index is 16.5. The van der Waals surface area contributed by atoms with Crippen LogP contribution in [0.5, 0.6) is 11.5 Å². The third-order valence-corrected chi connectivity index (χ3v) is 16.7. The van der Waals surface area contributed by atoms with Crippen molar-refractivity contribution in [3.05, 3.63) is 124 Å². The number of imide groups is 1. The van der Waals surface area contributed by atoms with Gasteiger partial charge in [-0.1, -0.05) is 79.2 Å². The van der Waals surface area contributed by atoms with Crippen LogP contribution in [0, 0.1) is 23.5 Å². The van der Waals surface area contributed by atoms with E-state index in [-0.39, 0.29) is 82.7 Å². The van der Waals surface area contributed by atoms with Crippen molar-refractivity contribution < 1.29 is 42.5 Å². The van der Waals surface area contributed by atoms with Crippen LogP contribution in [0.2, 0.25) is 5.02 Å². The van der Waals surface area contributed by atoms with E-state index in [1.54, 1.807) is 4.90 Å². The number of anilines is 1. The topological polar surface area (TPSA) is 167 Å². The van der Waals surface area contributed by atoms with Gasteiger partial charge in [-0.2, -0.15) is 0 Å². The van der Waals surface area contributed by atoms with Crippen molar-refractivity contribution in [2.24, 2.45) is 17.6 Å². The molecule has 13 nitrogen and oxygen atoms in total. The highest BCUT2D eigenvalue weighted by Crippen LogP contribution is 2.56. The summed E-state index contributed by atoms with van der Waals surface area (Å²) >= 11 is 6.73. The number of aliphatic hydroxyl groups excluding tert-OH is 1. The number of hydrogen-bond acceptors (Lipinski definition) is 9. The second-order valence-electron chi connectivity index (χ2n) is 20.6.